The molecule has 2 aliphatic rings. The fraction of sp³-hybridized carbons (Fsp3) is 0.500. The summed E-state index contributed by atoms with van der Waals surface area (Å²) in [6, 6.07) is 5.01. The van der Waals surface area contributed by atoms with Gasteiger partial charge in [-0.2, -0.15) is 0 Å². The monoisotopic (exact) mass is 235 g/mol. The number of rotatable bonds is 5. The topological polar surface area (TPSA) is 61.6 Å². The number of hydrogen-bond donors (Lipinski definition) is 0. The standard InChI is InChI=1S/C12H13NO4/c14-13(15)12-10(16-8-4-5-8)2-1-3-11(12)17-9-6-7-9/h1-3,8-9H,4-7H2. The second-order valence-corrected chi connectivity index (χ2v) is 4.49. The number of nitro benzene ring substituents is 1. The molecule has 3 rings (SSSR count). The van der Waals surface area contributed by atoms with E-state index in [1.165, 1.54) is 0 Å². The zero-order chi connectivity index (χ0) is 11.8. The highest BCUT2D eigenvalue weighted by atomic mass is 16.6. The molecule has 0 saturated heterocycles. The molecule has 2 fully saturated rings. The van der Waals surface area contributed by atoms with Crippen molar-refractivity contribution in [1.82, 2.24) is 0 Å². The van der Waals surface area contributed by atoms with Gasteiger partial charge >= 0.3 is 5.69 Å². The van der Waals surface area contributed by atoms with Crippen LogP contribution in [0, 0.1) is 10.1 Å². The Hall–Kier alpha value is -1.78. The Morgan fingerprint density at radius 3 is 1.88 bits per heavy atom. The molecule has 0 radical (unpaired) electrons. The first-order valence-electron chi connectivity index (χ1n) is 5.85. The summed E-state index contributed by atoms with van der Waals surface area (Å²) in [7, 11) is 0. The van der Waals surface area contributed by atoms with Crippen LogP contribution < -0.4 is 9.47 Å². The van der Waals surface area contributed by atoms with Crippen LogP contribution in [0.3, 0.4) is 0 Å². The molecule has 1 aromatic rings. The molecule has 1 aromatic carbocycles. The lowest BCUT2D eigenvalue weighted by atomic mass is 10.2. The van der Waals surface area contributed by atoms with E-state index in [9.17, 15) is 10.1 Å². The first-order chi connectivity index (χ1) is 8.24. The molecule has 0 heterocycles. The highest BCUT2D eigenvalue weighted by molar-refractivity contribution is 5.57. The Bertz CT molecular complexity index is 420. The summed E-state index contributed by atoms with van der Waals surface area (Å²) in [5, 5.41) is 11.1. The Morgan fingerprint density at radius 1 is 1.06 bits per heavy atom. The summed E-state index contributed by atoms with van der Waals surface area (Å²) in [4.78, 5) is 10.7. The zero-order valence-electron chi connectivity index (χ0n) is 9.30. The quantitative estimate of drug-likeness (QED) is 0.581. The van der Waals surface area contributed by atoms with E-state index < -0.39 is 4.92 Å². The van der Waals surface area contributed by atoms with Crippen LogP contribution in [0.1, 0.15) is 25.7 Å². The number of hydrogen-bond acceptors (Lipinski definition) is 4. The highest BCUT2D eigenvalue weighted by Crippen LogP contribution is 2.41. The zero-order valence-corrected chi connectivity index (χ0v) is 9.30. The summed E-state index contributed by atoms with van der Waals surface area (Å²) >= 11 is 0. The first-order valence-corrected chi connectivity index (χ1v) is 5.85. The number of nitro groups is 1. The second-order valence-electron chi connectivity index (χ2n) is 4.49. The fourth-order valence-corrected chi connectivity index (χ4v) is 1.60. The highest BCUT2D eigenvalue weighted by Gasteiger charge is 2.32. The van der Waals surface area contributed by atoms with Crippen molar-refractivity contribution < 1.29 is 14.4 Å². The third kappa shape index (κ3) is 2.33. The summed E-state index contributed by atoms with van der Waals surface area (Å²) in [5.41, 5.74) is -0.0358. The lowest BCUT2D eigenvalue weighted by Gasteiger charge is -2.09. The molecular weight excluding hydrogens is 222 g/mol. The molecule has 2 saturated carbocycles. The minimum Gasteiger partial charge on any atom is -0.483 e. The Balaban J connectivity index is 1.91. The van der Waals surface area contributed by atoms with Gasteiger partial charge in [0.15, 0.2) is 0 Å². The third-order valence-electron chi connectivity index (χ3n) is 2.78. The van der Waals surface area contributed by atoms with Crippen molar-refractivity contribution in [3.05, 3.63) is 28.3 Å². The van der Waals surface area contributed by atoms with Crippen molar-refractivity contribution in [2.45, 2.75) is 37.9 Å². The average Bonchev–Trinajstić information content (AvgIpc) is 3.12. The van der Waals surface area contributed by atoms with Crippen molar-refractivity contribution in [3.8, 4) is 11.5 Å². The van der Waals surface area contributed by atoms with Gasteiger partial charge in [0.05, 0.1) is 17.1 Å². The van der Waals surface area contributed by atoms with E-state index in [-0.39, 0.29) is 17.9 Å². The molecule has 0 atom stereocenters. The van der Waals surface area contributed by atoms with Crippen LogP contribution in [0.4, 0.5) is 5.69 Å². The molecule has 0 aliphatic heterocycles. The number of ether oxygens (including phenoxy) is 2. The van der Waals surface area contributed by atoms with E-state index in [1.54, 1.807) is 18.2 Å². The fourth-order valence-electron chi connectivity index (χ4n) is 1.60. The van der Waals surface area contributed by atoms with Crippen molar-refractivity contribution >= 4 is 5.69 Å². The Labute approximate surface area is 98.5 Å². The molecule has 0 aromatic heterocycles. The molecule has 0 spiro atoms. The number of nitrogens with zero attached hydrogens (tertiary/aromatic N) is 1. The second kappa shape index (κ2) is 3.91. The summed E-state index contributed by atoms with van der Waals surface area (Å²) in [6.45, 7) is 0. The molecule has 0 amide bonds. The van der Waals surface area contributed by atoms with Gasteiger partial charge < -0.3 is 9.47 Å². The van der Waals surface area contributed by atoms with Crippen molar-refractivity contribution in [2.24, 2.45) is 0 Å². The molecule has 0 unspecified atom stereocenters. The minimum absolute atomic E-state index is 0.0358. The van der Waals surface area contributed by atoms with Gasteiger partial charge in [-0.25, -0.2) is 0 Å². The smallest absolute Gasteiger partial charge is 0.352 e. The Kier molecular flexibility index (Phi) is 2.39. The SMILES string of the molecule is O=[N+]([O-])c1c(OC2CC2)cccc1OC1CC1. The molecule has 0 N–H and O–H groups in total. The maximum atomic E-state index is 11.1. The van der Waals surface area contributed by atoms with Gasteiger partial charge in [-0.15, -0.1) is 0 Å². The molecule has 17 heavy (non-hydrogen) atoms. The molecular formula is C12H13NO4. The lowest BCUT2D eigenvalue weighted by Crippen LogP contribution is -2.04. The van der Waals surface area contributed by atoms with E-state index in [0.29, 0.717) is 11.5 Å². The predicted octanol–water partition coefficient (Wildman–Crippen LogP) is 2.68. The molecule has 0 bridgehead atoms. The van der Waals surface area contributed by atoms with Crippen LogP contribution in [0.5, 0.6) is 11.5 Å². The summed E-state index contributed by atoms with van der Waals surface area (Å²) < 4.78 is 11.1. The largest absolute Gasteiger partial charge is 0.483 e. The van der Waals surface area contributed by atoms with Crippen molar-refractivity contribution in [3.63, 3.8) is 0 Å². The van der Waals surface area contributed by atoms with Crippen LogP contribution >= 0.6 is 0 Å². The number of benzene rings is 1. The van der Waals surface area contributed by atoms with E-state index in [4.69, 9.17) is 9.47 Å². The van der Waals surface area contributed by atoms with E-state index in [1.807, 2.05) is 0 Å². The van der Waals surface area contributed by atoms with E-state index in [0.717, 1.165) is 25.7 Å². The van der Waals surface area contributed by atoms with Gasteiger partial charge in [0, 0.05) is 0 Å². The van der Waals surface area contributed by atoms with E-state index in [2.05, 4.69) is 0 Å². The van der Waals surface area contributed by atoms with Crippen LogP contribution in [0.25, 0.3) is 0 Å². The van der Waals surface area contributed by atoms with Gasteiger partial charge in [-0.3, -0.25) is 10.1 Å². The van der Waals surface area contributed by atoms with Gasteiger partial charge in [-0.1, -0.05) is 6.07 Å². The lowest BCUT2D eigenvalue weighted by molar-refractivity contribution is -0.387. The summed E-state index contributed by atoms with van der Waals surface area (Å²) in [6.07, 6.45) is 4.19. The minimum atomic E-state index is -0.421. The normalized spacial score (nSPS) is 18.8. The first kappa shape index (κ1) is 10.4. The Morgan fingerprint density at radius 2 is 1.53 bits per heavy atom. The molecule has 2 aliphatic carbocycles. The summed E-state index contributed by atoms with van der Waals surface area (Å²) in [5.74, 6) is 0.659. The van der Waals surface area contributed by atoms with Crippen LogP contribution in [0.15, 0.2) is 18.2 Å². The third-order valence-corrected chi connectivity index (χ3v) is 2.78. The van der Waals surface area contributed by atoms with Gasteiger partial charge in [-0.05, 0) is 37.8 Å². The van der Waals surface area contributed by atoms with Crippen molar-refractivity contribution in [2.75, 3.05) is 0 Å². The van der Waals surface area contributed by atoms with Crippen LogP contribution in [0.2, 0.25) is 0 Å². The molecule has 5 heteroatoms. The van der Waals surface area contributed by atoms with Crippen molar-refractivity contribution in [1.29, 1.82) is 0 Å². The maximum absolute atomic E-state index is 11.1. The van der Waals surface area contributed by atoms with Gasteiger partial charge in [0.2, 0.25) is 11.5 Å². The molecule has 90 valence electrons. The van der Waals surface area contributed by atoms with Crippen LogP contribution in [-0.2, 0) is 0 Å². The molecule has 5 nitrogen and oxygen atoms in total. The van der Waals surface area contributed by atoms with E-state index >= 15 is 0 Å². The average molecular weight is 235 g/mol. The van der Waals surface area contributed by atoms with Gasteiger partial charge in [0.25, 0.3) is 0 Å². The number of para-hydroxylation sites is 1. The van der Waals surface area contributed by atoms with Crippen LogP contribution in [-0.4, -0.2) is 17.1 Å². The maximum Gasteiger partial charge on any atom is 0.352 e. The predicted molar refractivity (Wildman–Crippen MR) is 60.4 cm³/mol. The van der Waals surface area contributed by atoms with Gasteiger partial charge in [0.1, 0.15) is 0 Å².